The van der Waals surface area contributed by atoms with Crippen LogP contribution in [0.4, 0.5) is 0 Å². The number of nitrogens with zero attached hydrogens (tertiary/aromatic N) is 1. The van der Waals surface area contributed by atoms with Crippen molar-refractivity contribution in [2.45, 2.75) is 31.9 Å². The third-order valence-electron chi connectivity index (χ3n) is 3.93. The first-order valence-electron chi connectivity index (χ1n) is 6.65. The number of rotatable bonds is 5. The minimum Gasteiger partial charge on any atom is -0.393 e. The van der Waals surface area contributed by atoms with E-state index >= 15 is 0 Å². The minimum absolute atomic E-state index is 0.126. The van der Waals surface area contributed by atoms with E-state index in [4.69, 9.17) is 0 Å². The van der Waals surface area contributed by atoms with Gasteiger partial charge in [0.2, 0.25) is 0 Å². The molecule has 2 rings (SSSR count). The van der Waals surface area contributed by atoms with Crippen LogP contribution >= 0.6 is 15.9 Å². The second-order valence-electron chi connectivity index (χ2n) is 5.48. The van der Waals surface area contributed by atoms with Crippen LogP contribution in [0.1, 0.15) is 30.1 Å². The second-order valence-corrected chi connectivity index (χ2v) is 6.39. The molecule has 1 saturated carbocycles. The van der Waals surface area contributed by atoms with Crippen molar-refractivity contribution in [1.82, 2.24) is 4.90 Å². The van der Waals surface area contributed by atoms with E-state index in [1.165, 1.54) is 0 Å². The quantitative estimate of drug-likeness (QED) is 0.846. The number of ketones is 1. The van der Waals surface area contributed by atoms with E-state index in [2.05, 4.69) is 20.8 Å². The number of Topliss-reactive ketones (excluding diaryl/α,β-unsaturated/α-hetero) is 1. The van der Waals surface area contributed by atoms with Crippen LogP contribution in [0.5, 0.6) is 0 Å². The molecule has 1 unspecified atom stereocenters. The van der Waals surface area contributed by atoms with Gasteiger partial charge in [-0.1, -0.05) is 28.1 Å². The van der Waals surface area contributed by atoms with Gasteiger partial charge in [-0.15, -0.1) is 0 Å². The molecule has 3 nitrogen and oxygen atoms in total. The number of hydrogen-bond donors (Lipinski definition) is 1. The fourth-order valence-corrected chi connectivity index (χ4v) is 2.73. The third kappa shape index (κ3) is 3.65. The number of halogens is 1. The standard InChI is InChI=1S/C15H20BrNO2/c1-10(17(2)9-11-7-14(18)8-11)15(19)12-3-5-13(16)6-4-12/h3-6,10-11,14,18H,7-9H2,1-2H3. The number of carbonyl (C=O) groups is 1. The van der Waals surface area contributed by atoms with Crippen LogP contribution in [0, 0.1) is 5.92 Å². The van der Waals surface area contributed by atoms with Crippen LogP contribution in [0.15, 0.2) is 28.7 Å². The van der Waals surface area contributed by atoms with Crippen molar-refractivity contribution in [2.24, 2.45) is 5.92 Å². The molecule has 19 heavy (non-hydrogen) atoms. The van der Waals surface area contributed by atoms with Crippen molar-refractivity contribution in [2.75, 3.05) is 13.6 Å². The first-order chi connectivity index (χ1) is 8.97. The van der Waals surface area contributed by atoms with E-state index in [0.717, 1.165) is 29.4 Å². The van der Waals surface area contributed by atoms with Crippen molar-refractivity contribution in [3.05, 3.63) is 34.3 Å². The van der Waals surface area contributed by atoms with Gasteiger partial charge in [0.1, 0.15) is 0 Å². The van der Waals surface area contributed by atoms with Crippen LogP contribution in [-0.4, -0.2) is 41.5 Å². The molecule has 1 aromatic rings. The SMILES string of the molecule is CC(C(=O)c1ccc(Br)cc1)N(C)CC1CC(O)C1. The third-order valence-corrected chi connectivity index (χ3v) is 4.46. The lowest BCUT2D eigenvalue weighted by molar-refractivity contribution is 0.0234. The second kappa shape index (κ2) is 6.16. The highest BCUT2D eigenvalue weighted by Gasteiger charge is 2.30. The van der Waals surface area contributed by atoms with E-state index in [-0.39, 0.29) is 17.9 Å². The number of benzene rings is 1. The molecule has 4 heteroatoms. The van der Waals surface area contributed by atoms with Gasteiger partial charge in [-0.2, -0.15) is 0 Å². The molecule has 0 bridgehead atoms. The highest BCUT2D eigenvalue weighted by molar-refractivity contribution is 9.10. The summed E-state index contributed by atoms with van der Waals surface area (Å²) < 4.78 is 0.980. The van der Waals surface area contributed by atoms with Crippen LogP contribution in [0.25, 0.3) is 0 Å². The molecular formula is C15H20BrNO2. The maximum absolute atomic E-state index is 12.3. The van der Waals surface area contributed by atoms with Crippen molar-refractivity contribution >= 4 is 21.7 Å². The molecule has 1 aliphatic rings. The average Bonchev–Trinajstić information content (AvgIpc) is 2.36. The highest BCUT2D eigenvalue weighted by atomic mass is 79.9. The molecule has 0 amide bonds. The van der Waals surface area contributed by atoms with Crippen molar-refractivity contribution in [1.29, 1.82) is 0 Å². The fraction of sp³-hybridized carbons (Fsp3) is 0.533. The van der Waals surface area contributed by atoms with Gasteiger partial charge >= 0.3 is 0 Å². The smallest absolute Gasteiger partial charge is 0.179 e. The highest BCUT2D eigenvalue weighted by Crippen LogP contribution is 2.28. The van der Waals surface area contributed by atoms with E-state index in [1.54, 1.807) is 0 Å². The van der Waals surface area contributed by atoms with Crippen LogP contribution in [0.2, 0.25) is 0 Å². The zero-order valence-corrected chi connectivity index (χ0v) is 12.9. The first-order valence-corrected chi connectivity index (χ1v) is 7.44. The lowest BCUT2D eigenvalue weighted by atomic mass is 9.82. The summed E-state index contributed by atoms with van der Waals surface area (Å²) in [6, 6.07) is 7.36. The topological polar surface area (TPSA) is 40.5 Å². The van der Waals surface area contributed by atoms with Gasteiger partial charge in [0.15, 0.2) is 5.78 Å². The van der Waals surface area contributed by atoms with E-state index < -0.39 is 0 Å². The molecule has 0 radical (unpaired) electrons. The molecule has 104 valence electrons. The first kappa shape index (κ1) is 14.7. The molecule has 0 aromatic heterocycles. The summed E-state index contributed by atoms with van der Waals surface area (Å²) in [4.78, 5) is 14.4. The van der Waals surface area contributed by atoms with Crippen molar-refractivity contribution in [3.63, 3.8) is 0 Å². The van der Waals surface area contributed by atoms with Crippen LogP contribution in [-0.2, 0) is 0 Å². The molecule has 1 aromatic carbocycles. The van der Waals surface area contributed by atoms with Gasteiger partial charge in [-0.25, -0.2) is 0 Å². The van der Waals surface area contributed by atoms with Crippen molar-refractivity contribution < 1.29 is 9.90 Å². The van der Waals surface area contributed by atoms with Gasteiger partial charge in [0.05, 0.1) is 12.1 Å². The molecule has 1 N–H and O–H groups in total. The molecule has 0 saturated heterocycles. The fourth-order valence-electron chi connectivity index (χ4n) is 2.47. The van der Waals surface area contributed by atoms with E-state index in [1.807, 2.05) is 38.2 Å². The van der Waals surface area contributed by atoms with E-state index in [0.29, 0.717) is 5.92 Å². The predicted molar refractivity (Wildman–Crippen MR) is 79.3 cm³/mol. The number of likely N-dealkylation sites (N-methyl/N-ethyl adjacent to an activating group) is 1. The molecular weight excluding hydrogens is 306 g/mol. The van der Waals surface area contributed by atoms with Gasteiger partial charge < -0.3 is 5.11 Å². The zero-order valence-electron chi connectivity index (χ0n) is 11.3. The summed E-state index contributed by atoms with van der Waals surface area (Å²) in [5.41, 5.74) is 0.746. The molecule has 1 aliphatic carbocycles. The Balaban J connectivity index is 1.92. The summed E-state index contributed by atoms with van der Waals surface area (Å²) in [5.74, 6) is 0.676. The van der Waals surface area contributed by atoms with Crippen LogP contribution in [0.3, 0.4) is 0 Å². The Kier molecular flexibility index (Phi) is 4.76. The summed E-state index contributed by atoms with van der Waals surface area (Å²) >= 11 is 3.37. The Bertz CT molecular complexity index is 440. The van der Waals surface area contributed by atoms with E-state index in [9.17, 15) is 9.90 Å². The summed E-state index contributed by atoms with van der Waals surface area (Å²) in [7, 11) is 1.98. The molecule has 1 atom stereocenters. The predicted octanol–water partition coefficient (Wildman–Crippen LogP) is 2.72. The van der Waals surface area contributed by atoms with Crippen molar-refractivity contribution in [3.8, 4) is 0 Å². The van der Waals surface area contributed by atoms with Gasteiger partial charge in [-0.3, -0.25) is 9.69 Å². The average molecular weight is 326 g/mol. The molecule has 1 fully saturated rings. The summed E-state index contributed by atoms with van der Waals surface area (Å²) in [6.07, 6.45) is 1.60. The monoisotopic (exact) mass is 325 g/mol. The Morgan fingerprint density at radius 2 is 2.00 bits per heavy atom. The molecule has 0 aliphatic heterocycles. The maximum atomic E-state index is 12.3. The minimum atomic E-state index is -0.129. The summed E-state index contributed by atoms with van der Waals surface area (Å²) in [6.45, 7) is 2.82. The number of aliphatic hydroxyl groups excluding tert-OH is 1. The Morgan fingerprint density at radius 3 is 2.53 bits per heavy atom. The number of aliphatic hydroxyl groups is 1. The normalized spacial score (nSPS) is 24.1. The molecule has 0 heterocycles. The zero-order chi connectivity index (χ0) is 14.0. The Labute approximate surface area is 122 Å². The van der Waals surface area contributed by atoms with Gasteiger partial charge in [0, 0.05) is 16.6 Å². The summed E-state index contributed by atoms with van der Waals surface area (Å²) in [5, 5.41) is 9.29. The lowest BCUT2D eigenvalue weighted by Gasteiger charge is -2.36. The Hall–Kier alpha value is -0.710. The molecule has 0 spiro atoms. The largest absolute Gasteiger partial charge is 0.393 e. The number of carbonyl (C=O) groups excluding carboxylic acids is 1. The number of hydrogen-bond acceptors (Lipinski definition) is 3. The maximum Gasteiger partial charge on any atom is 0.179 e. The van der Waals surface area contributed by atoms with Crippen LogP contribution < -0.4 is 0 Å². The van der Waals surface area contributed by atoms with Gasteiger partial charge in [-0.05, 0) is 44.9 Å². The lowest BCUT2D eigenvalue weighted by Crippen LogP contribution is -2.43. The van der Waals surface area contributed by atoms with Gasteiger partial charge in [0.25, 0.3) is 0 Å². The Morgan fingerprint density at radius 1 is 1.42 bits per heavy atom.